The van der Waals surface area contributed by atoms with Gasteiger partial charge in [-0.05, 0) is 85.0 Å². The smallest absolute Gasteiger partial charge is 0.142 e. The molecule has 4 aromatic carbocycles. The van der Waals surface area contributed by atoms with E-state index in [1.54, 1.807) is 0 Å². The molecule has 4 aromatic rings. The molecule has 230 valence electrons. The Balaban J connectivity index is 1.28. The summed E-state index contributed by atoms with van der Waals surface area (Å²) in [5, 5.41) is 1.08. The van der Waals surface area contributed by atoms with Crippen LogP contribution in [-0.4, -0.2) is 13.2 Å². The van der Waals surface area contributed by atoms with E-state index >= 15 is 0 Å². The van der Waals surface area contributed by atoms with E-state index in [0.717, 1.165) is 36.8 Å². The molecule has 0 unspecified atom stereocenters. The summed E-state index contributed by atoms with van der Waals surface area (Å²) in [5.41, 5.74) is 21.1. The first-order chi connectivity index (χ1) is 21.4. The topological polar surface area (TPSA) is 89.0 Å². The number of halogens is 2. The summed E-state index contributed by atoms with van der Waals surface area (Å²) < 4.78 is 24.7. The first-order valence-electron chi connectivity index (χ1n) is 15.3. The van der Waals surface area contributed by atoms with Crippen molar-refractivity contribution in [3.8, 4) is 34.1 Å². The molecule has 6 rings (SSSR count). The number of ether oxygens (including phenoxy) is 4. The molecule has 0 saturated heterocycles. The Hall–Kier alpha value is -3.42. The maximum absolute atomic E-state index is 6.63. The zero-order valence-corrected chi connectivity index (χ0v) is 26.6. The van der Waals surface area contributed by atoms with Gasteiger partial charge in [0.1, 0.15) is 35.2 Å². The minimum absolute atomic E-state index is 0.105. The Bertz CT molecular complexity index is 1550. The third-order valence-corrected chi connectivity index (χ3v) is 9.12. The van der Waals surface area contributed by atoms with Crippen molar-refractivity contribution in [2.75, 3.05) is 13.2 Å². The van der Waals surface area contributed by atoms with Crippen molar-refractivity contribution in [1.82, 2.24) is 0 Å². The van der Waals surface area contributed by atoms with Crippen molar-refractivity contribution in [1.29, 1.82) is 0 Å². The lowest BCUT2D eigenvalue weighted by Gasteiger charge is -2.20. The van der Waals surface area contributed by atoms with E-state index in [1.165, 1.54) is 33.4 Å². The molecule has 2 aliphatic carbocycles. The predicted molar refractivity (Wildman–Crippen MR) is 176 cm³/mol. The van der Waals surface area contributed by atoms with E-state index in [0.29, 0.717) is 59.3 Å². The average Bonchev–Trinajstić information content (AvgIpc) is 3.64. The molecule has 0 aromatic heterocycles. The van der Waals surface area contributed by atoms with Crippen molar-refractivity contribution < 1.29 is 18.9 Å². The Morgan fingerprint density at radius 1 is 0.636 bits per heavy atom. The van der Waals surface area contributed by atoms with Crippen LogP contribution in [0.1, 0.15) is 72.3 Å². The van der Waals surface area contributed by atoms with Gasteiger partial charge in [0.15, 0.2) is 0 Å². The Labute approximate surface area is 269 Å². The van der Waals surface area contributed by atoms with Crippen LogP contribution in [0.5, 0.6) is 23.0 Å². The van der Waals surface area contributed by atoms with Gasteiger partial charge in [-0.1, -0.05) is 59.6 Å². The van der Waals surface area contributed by atoms with Gasteiger partial charge in [0.2, 0.25) is 0 Å². The summed E-state index contributed by atoms with van der Waals surface area (Å²) >= 11 is 13.3. The highest BCUT2D eigenvalue weighted by atomic mass is 35.5. The van der Waals surface area contributed by atoms with Crippen molar-refractivity contribution in [2.24, 2.45) is 11.5 Å². The molecule has 0 saturated carbocycles. The second kappa shape index (κ2) is 13.3. The minimum atomic E-state index is -0.105. The third-order valence-electron chi connectivity index (χ3n) is 8.53. The number of benzene rings is 4. The van der Waals surface area contributed by atoms with Gasteiger partial charge in [0.05, 0.1) is 23.3 Å². The monoisotopic (exact) mass is 632 g/mol. The van der Waals surface area contributed by atoms with E-state index in [2.05, 4.69) is 36.4 Å². The molecule has 44 heavy (non-hydrogen) atoms. The van der Waals surface area contributed by atoms with Crippen LogP contribution >= 0.6 is 23.2 Å². The first-order valence-corrected chi connectivity index (χ1v) is 16.1. The summed E-state index contributed by atoms with van der Waals surface area (Å²) in [6.45, 7) is 5.68. The quantitative estimate of drug-likeness (QED) is 0.172. The fourth-order valence-electron chi connectivity index (χ4n) is 6.52. The van der Waals surface area contributed by atoms with E-state index in [-0.39, 0.29) is 12.2 Å². The second-order valence-corrected chi connectivity index (χ2v) is 11.9. The molecule has 0 fully saturated rings. The van der Waals surface area contributed by atoms with Crippen molar-refractivity contribution in [3.05, 3.63) is 104 Å². The molecule has 2 atom stereocenters. The average molecular weight is 634 g/mol. The third kappa shape index (κ3) is 5.84. The second-order valence-electron chi connectivity index (χ2n) is 11.1. The Kier molecular flexibility index (Phi) is 9.24. The highest BCUT2D eigenvalue weighted by Crippen LogP contribution is 2.47. The zero-order valence-electron chi connectivity index (χ0n) is 25.1. The summed E-state index contributed by atoms with van der Waals surface area (Å²) in [7, 11) is 0. The van der Waals surface area contributed by atoms with Crippen LogP contribution in [0.25, 0.3) is 11.1 Å². The van der Waals surface area contributed by atoms with Gasteiger partial charge in [-0.3, -0.25) is 0 Å². The van der Waals surface area contributed by atoms with Gasteiger partial charge in [-0.15, -0.1) is 0 Å². The molecule has 0 spiro atoms. The normalized spacial score (nSPS) is 16.9. The maximum Gasteiger partial charge on any atom is 0.142 e. The van der Waals surface area contributed by atoms with Gasteiger partial charge in [-0.2, -0.15) is 0 Å². The van der Waals surface area contributed by atoms with Gasteiger partial charge < -0.3 is 30.4 Å². The molecule has 4 N–H and O–H groups in total. The summed E-state index contributed by atoms with van der Waals surface area (Å²) in [5.74, 6) is 2.65. The summed E-state index contributed by atoms with van der Waals surface area (Å²) in [6, 6.07) is 20.4. The van der Waals surface area contributed by atoms with E-state index < -0.39 is 0 Å². The zero-order chi connectivity index (χ0) is 30.8. The van der Waals surface area contributed by atoms with Crippen LogP contribution in [0.3, 0.4) is 0 Å². The molecule has 0 heterocycles. The van der Waals surface area contributed by atoms with Crippen molar-refractivity contribution in [3.63, 3.8) is 0 Å². The number of rotatable bonds is 11. The molecular weight excluding hydrogens is 595 g/mol. The largest absolute Gasteiger partial charge is 0.493 e. The lowest BCUT2D eigenvalue weighted by atomic mass is 9.91. The highest BCUT2D eigenvalue weighted by Gasteiger charge is 2.31. The van der Waals surface area contributed by atoms with E-state index in [9.17, 15) is 0 Å². The molecule has 0 radical (unpaired) electrons. The van der Waals surface area contributed by atoms with Crippen LogP contribution in [0.15, 0.2) is 60.7 Å². The maximum atomic E-state index is 6.63. The fraction of sp³-hybridized carbons (Fsp3) is 0.333. The van der Waals surface area contributed by atoms with E-state index in [1.807, 2.05) is 38.1 Å². The molecule has 0 bridgehead atoms. The van der Waals surface area contributed by atoms with Crippen LogP contribution in [0.4, 0.5) is 0 Å². The summed E-state index contributed by atoms with van der Waals surface area (Å²) in [4.78, 5) is 0. The Morgan fingerprint density at radius 3 is 1.45 bits per heavy atom. The van der Waals surface area contributed by atoms with Gasteiger partial charge in [-0.25, -0.2) is 0 Å². The standard InChI is InChI=1S/C36H38Cl2N2O4/c1-3-41-33-17-35(29(37)15-21(33)19-39)43-31-13-11-25-23(7-5-9-27(25)31)24-8-6-10-28-26(24)12-14-32(28)44-36-18-34(42-4-2)22(20-40)16-30(36)38/h5-10,15-18,31-32H,3-4,11-14,19-20,39-40H2,1-2H3/t31-,32-/m0/s1. The van der Waals surface area contributed by atoms with Gasteiger partial charge >= 0.3 is 0 Å². The lowest BCUT2D eigenvalue weighted by molar-refractivity contribution is 0.206. The fourth-order valence-corrected chi connectivity index (χ4v) is 6.98. The molecule has 6 nitrogen and oxygen atoms in total. The van der Waals surface area contributed by atoms with Crippen LogP contribution in [-0.2, 0) is 25.9 Å². The molecular formula is C36H38Cl2N2O4. The lowest BCUT2D eigenvalue weighted by Crippen LogP contribution is -2.07. The first kappa shape index (κ1) is 30.6. The van der Waals surface area contributed by atoms with Gasteiger partial charge in [0.25, 0.3) is 0 Å². The van der Waals surface area contributed by atoms with Crippen LogP contribution in [0.2, 0.25) is 10.0 Å². The summed E-state index contributed by atoms with van der Waals surface area (Å²) in [6.07, 6.45) is 3.36. The Morgan fingerprint density at radius 2 is 1.07 bits per heavy atom. The van der Waals surface area contributed by atoms with Crippen molar-refractivity contribution >= 4 is 23.2 Å². The predicted octanol–water partition coefficient (Wildman–Crippen LogP) is 8.51. The minimum Gasteiger partial charge on any atom is -0.493 e. The highest BCUT2D eigenvalue weighted by molar-refractivity contribution is 6.32. The van der Waals surface area contributed by atoms with Gasteiger partial charge in [0, 0.05) is 36.3 Å². The van der Waals surface area contributed by atoms with E-state index in [4.69, 9.17) is 53.6 Å². The number of nitrogens with two attached hydrogens (primary N) is 2. The number of fused-ring (bicyclic) bond motifs is 2. The van der Waals surface area contributed by atoms with Crippen LogP contribution < -0.4 is 30.4 Å². The molecule has 2 aliphatic rings. The SMILES string of the molecule is CCOc1cc(O[C@H]2CCc3c(-c4cccc5c4CC[C@@H]5Oc4cc(OCC)c(CN)cc4Cl)cccc32)c(Cl)cc1CN. The molecule has 8 heteroatoms. The number of hydrogen-bond donors (Lipinski definition) is 2. The molecule has 0 amide bonds. The van der Waals surface area contributed by atoms with Crippen LogP contribution in [0, 0.1) is 0 Å². The molecule has 0 aliphatic heterocycles. The number of hydrogen-bond acceptors (Lipinski definition) is 6. The van der Waals surface area contributed by atoms with Crippen molar-refractivity contribution in [2.45, 2.75) is 64.8 Å².